The SMILES string of the molecule is C[Si](C)(C)c1ccc(COCc2ccccc2F)cc1. The second-order valence-corrected chi connectivity index (χ2v) is 11.1. The molecule has 0 unspecified atom stereocenters. The van der Waals surface area contributed by atoms with Crippen molar-refractivity contribution in [2.45, 2.75) is 32.9 Å². The molecule has 0 spiro atoms. The highest BCUT2D eigenvalue weighted by Gasteiger charge is 2.15. The molecule has 0 aliphatic rings. The van der Waals surface area contributed by atoms with E-state index in [1.54, 1.807) is 12.1 Å². The van der Waals surface area contributed by atoms with Crippen LogP contribution in [0.3, 0.4) is 0 Å². The summed E-state index contributed by atoms with van der Waals surface area (Å²) in [5, 5.41) is 1.44. The van der Waals surface area contributed by atoms with Gasteiger partial charge in [0.15, 0.2) is 0 Å². The average molecular weight is 288 g/mol. The molecule has 0 N–H and O–H groups in total. The van der Waals surface area contributed by atoms with E-state index in [-0.39, 0.29) is 5.82 Å². The number of ether oxygens (including phenoxy) is 1. The molecule has 0 radical (unpaired) electrons. The Hall–Kier alpha value is -1.45. The molecule has 2 aromatic carbocycles. The average Bonchev–Trinajstić information content (AvgIpc) is 2.40. The standard InChI is InChI=1S/C17H21FOSi/c1-20(2,3)16-10-8-14(9-11-16)12-19-13-15-6-4-5-7-17(15)18/h4-11H,12-13H2,1-3H3. The van der Waals surface area contributed by atoms with Gasteiger partial charge in [-0.1, -0.05) is 67.3 Å². The van der Waals surface area contributed by atoms with Gasteiger partial charge in [0, 0.05) is 5.56 Å². The van der Waals surface area contributed by atoms with Crippen LogP contribution in [0.15, 0.2) is 48.5 Å². The third-order valence-electron chi connectivity index (χ3n) is 3.30. The van der Waals surface area contributed by atoms with Gasteiger partial charge in [0.05, 0.1) is 21.3 Å². The minimum Gasteiger partial charge on any atom is -0.372 e. The fraction of sp³-hybridized carbons (Fsp3) is 0.294. The highest BCUT2D eigenvalue weighted by molar-refractivity contribution is 6.88. The second-order valence-electron chi connectivity index (χ2n) is 6.03. The Kier molecular flexibility index (Phi) is 4.73. The van der Waals surface area contributed by atoms with Crippen LogP contribution in [0, 0.1) is 5.82 Å². The molecule has 0 saturated heterocycles. The van der Waals surface area contributed by atoms with Crippen LogP contribution in [0.5, 0.6) is 0 Å². The molecule has 0 heterocycles. The summed E-state index contributed by atoms with van der Waals surface area (Å²) < 4.78 is 19.0. The molecular formula is C17H21FOSi. The van der Waals surface area contributed by atoms with Crippen molar-refractivity contribution in [2.75, 3.05) is 0 Å². The van der Waals surface area contributed by atoms with Crippen LogP contribution in [0.2, 0.25) is 19.6 Å². The summed E-state index contributed by atoms with van der Waals surface area (Å²) in [6.45, 7) is 7.81. The number of hydrogen-bond acceptors (Lipinski definition) is 1. The van der Waals surface area contributed by atoms with Crippen molar-refractivity contribution in [1.29, 1.82) is 0 Å². The third-order valence-corrected chi connectivity index (χ3v) is 5.37. The Balaban J connectivity index is 1.90. The Morgan fingerprint density at radius 1 is 0.900 bits per heavy atom. The smallest absolute Gasteiger partial charge is 0.128 e. The van der Waals surface area contributed by atoms with E-state index in [0.29, 0.717) is 18.8 Å². The number of rotatable bonds is 5. The first kappa shape index (κ1) is 14.9. The van der Waals surface area contributed by atoms with Gasteiger partial charge in [-0.2, -0.15) is 0 Å². The van der Waals surface area contributed by atoms with E-state index in [1.165, 1.54) is 11.3 Å². The Morgan fingerprint density at radius 2 is 1.55 bits per heavy atom. The van der Waals surface area contributed by atoms with Crippen LogP contribution in [-0.2, 0) is 18.0 Å². The maximum absolute atomic E-state index is 13.4. The van der Waals surface area contributed by atoms with Crippen LogP contribution in [0.25, 0.3) is 0 Å². The van der Waals surface area contributed by atoms with Crippen molar-refractivity contribution in [3.63, 3.8) is 0 Å². The molecule has 0 aliphatic carbocycles. The molecule has 0 bridgehead atoms. The van der Waals surface area contributed by atoms with Gasteiger partial charge in [0.1, 0.15) is 5.82 Å². The van der Waals surface area contributed by atoms with Gasteiger partial charge in [-0.3, -0.25) is 0 Å². The lowest BCUT2D eigenvalue weighted by molar-refractivity contribution is 0.105. The first-order valence-corrected chi connectivity index (χ1v) is 10.4. The molecular weight excluding hydrogens is 267 g/mol. The van der Waals surface area contributed by atoms with E-state index in [2.05, 4.69) is 43.9 Å². The summed E-state index contributed by atoms with van der Waals surface area (Å²) in [6, 6.07) is 15.3. The minimum absolute atomic E-state index is 0.207. The molecule has 0 aromatic heterocycles. The van der Waals surface area contributed by atoms with Crippen molar-refractivity contribution in [3.05, 3.63) is 65.5 Å². The molecule has 2 rings (SSSR count). The molecule has 0 atom stereocenters. The zero-order valence-electron chi connectivity index (χ0n) is 12.3. The summed E-state index contributed by atoms with van der Waals surface area (Å²) in [6.07, 6.45) is 0. The van der Waals surface area contributed by atoms with Crippen molar-refractivity contribution >= 4 is 13.3 Å². The van der Waals surface area contributed by atoms with Crippen molar-refractivity contribution < 1.29 is 9.13 Å². The van der Waals surface area contributed by atoms with Crippen LogP contribution in [-0.4, -0.2) is 8.07 Å². The van der Waals surface area contributed by atoms with Gasteiger partial charge in [-0.25, -0.2) is 4.39 Å². The van der Waals surface area contributed by atoms with E-state index in [4.69, 9.17) is 4.74 Å². The Labute approximate surface area is 121 Å². The fourth-order valence-corrected chi connectivity index (χ4v) is 3.16. The maximum Gasteiger partial charge on any atom is 0.128 e. The molecule has 0 aliphatic heterocycles. The zero-order chi connectivity index (χ0) is 14.6. The third kappa shape index (κ3) is 4.02. The van der Waals surface area contributed by atoms with Gasteiger partial charge in [-0.05, 0) is 11.6 Å². The number of halogens is 1. The van der Waals surface area contributed by atoms with Gasteiger partial charge >= 0.3 is 0 Å². The normalized spacial score (nSPS) is 11.6. The van der Waals surface area contributed by atoms with E-state index in [0.717, 1.165) is 5.56 Å². The highest BCUT2D eigenvalue weighted by Crippen LogP contribution is 2.10. The maximum atomic E-state index is 13.4. The van der Waals surface area contributed by atoms with Crippen LogP contribution in [0.1, 0.15) is 11.1 Å². The second kappa shape index (κ2) is 6.33. The molecule has 0 fully saturated rings. The molecule has 0 amide bonds. The van der Waals surface area contributed by atoms with E-state index < -0.39 is 8.07 Å². The lowest BCUT2D eigenvalue weighted by Gasteiger charge is -2.16. The van der Waals surface area contributed by atoms with Crippen molar-refractivity contribution in [2.24, 2.45) is 0 Å². The van der Waals surface area contributed by atoms with E-state index >= 15 is 0 Å². The first-order chi connectivity index (χ1) is 9.47. The Bertz CT molecular complexity index is 558. The molecule has 0 saturated carbocycles. The predicted octanol–water partition coefficient (Wildman–Crippen LogP) is 4.09. The van der Waals surface area contributed by atoms with Gasteiger partial charge < -0.3 is 4.74 Å². The van der Waals surface area contributed by atoms with Gasteiger partial charge in [0.2, 0.25) is 0 Å². The zero-order valence-corrected chi connectivity index (χ0v) is 13.3. The molecule has 2 aromatic rings. The van der Waals surface area contributed by atoms with Gasteiger partial charge in [0.25, 0.3) is 0 Å². The van der Waals surface area contributed by atoms with E-state index in [1.807, 2.05) is 6.07 Å². The van der Waals surface area contributed by atoms with Gasteiger partial charge in [-0.15, -0.1) is 0 Å². The topological polar surface area (TPSA) is 9.23 Å². The number of benzene rings is 2. The summed E-state index contributed by atoms with van der Waals surface area (Å²) in [5.41, 5.74) is 1.73. The monoisotopic (exact) mass is 288 g/mol. The summed E-state index contributed by atoms with van der Waals surface area (Å²) in [7, 11) is -1.24. The molecule has 106 valence electrons. The molecule has 3 heteroatoms. The minimum atomic E-state index is -1.24. The Morgan fingerprint density at radius 3 is 2.15 bits per heavy atom. The quantitative estimate of drug-likeness (QED) is 0.753. The lowest BCUT2D eigenvalue weighted by atomic mass is 10.2. The number of hydrogen-bond donors (Lipinski definition) is 0. The fourth-order valence-electron chi connectivity index (χ4n) is 2.00. The lowest BCUT2D eigenvalue weighted by Crippen LogP contribution is -2.37. The summed E-state index contributed by atoms with van der Waals surface area (Å²) in [4.78, 5) is 0. The molecule has 1 nitrogen and oxygen atoms in total. The molecule has 20 heavy (non-hydrogen) atoms. The largest absolute Gasteiger partial charge is 0.372 e. The van der Waals surface area contributed by atoms with Crippen molar-refractivity contribution in [1.82, 2.24) is 0 Å². The van der Waals surface area contributed by atoms with E-state index in [9.17, 15) is 4.39 Å². The summed E-state index contributed by atoms with van der Waals surface area (Å²) >= 11 is 0. The highest BCUT2D eigenvalue weighted by atomic mass is 28.3. The van der Waals surface area contributed by atoms with Crippen LogP contribution in [0.4, 0.5) is 4.39 Å². The van der Waals surface area contributed by atoms with Crippen LogP contribution >= 0.6 is 0 Å². The van der Waals surface area contributed by atoms with Crippen molar-refractivity contribution in [3.8, 4) is 0 Å². The first-order valence-electron chi connectivity index (χ1n) is 6.87. The summed E-state index contributed by atoms with van der Waals surface area (Å²) in [5.74, 6) is -0.207. The predicted molar refractivity (Wildman–Crippen MR) is 84.3 cm³/mol. The van der Waals surface area contributed by atoms with Crippen LogP contribution < -0.4 is 5.19 Å².